The van der Waals surface area contributed by atoms with Gasteiger partial charge >= 0.3 is 5.97 Å². The van der Waals surface area contributed by atoms with Crippen molar-refractivity contribution < 1.29 is 14.3 Å². The number of benzene rings is 1. The van der Waals surface area contributed by atoms with Crippen LogP contribution in [0.5, 0.6) is 0 Å². The molecule has 0 bridgehead atoms. The Hall–Kier alpha value is -1.35. The summed E-state index contributed by atoms with van der Waals surface area (Å²) in [5, 5.41) is 0. The predicted molar refractivity (Wildman–Crippen MR) is 106 cm³/mol. The number of carbonyl (C=O) groups excluding carboxylic acids is 1. The molecule has 0 radical (unpaired) electrons. The van der Waals surface area contributed by atoms with Gasteiger partial charge in [0.2, 0.25) is 6.29 Å². The van der Waals surface area contributed by atoms with Gasteiger partial charge in [-0.15, -0.1) is 0 Å². The van der Waals surface area contributed by atoms with Crippen LogP contribution >= 0.6 is 0 Å². The topological polar surface area (TPSA) is 35.5 Å². The maximum Gasteiger partial charge on any atom is 0.314 e. The first-order chi connectivity index (χ1) is 12.3. The smallest absolute Gasteiger partial charge is 0.314 e. The minimum absolute atomic E-state index is 0.147. The molecule has 1 fully saturated rings. The fraction of sp³-hybridized carbons (Fsp3) is 0.696. The molecule has 0 aliphatic heterocycles. The lowest BCUT2D eigenvalue weighted by molar-refractivity contribution is -0.208. The molecule has 2 unspecified atom stereocenters. The largest absolute Gasteiger partial charge is 0.431 e. The second-order valence-electron chi connectivity index (χ2n) is 8.71. The molecule has 0 saturated heterocycles. The molecule has 2 atom stereocenters. The summed E-state index contributed by atoms with van der Waals surface area (Å²) in [5.41, 5.74) is 0.416. The van der Waals surface area contributed by atoms with Crippen molar-refractivity contribution >= 4 is 5.97 Å². The molecule has 1 aliphatic rings. The van der Waals surface area contributed by atoms with Crippen LogP contribution < -0.4 is 0 Å². The summed E-state index contributed by atoms with van der Waals surface area (Å²) in [4.78, 5) is 13.2. The van der Waals surface area contributed by atoms with Crippen molar-refractivity contribution in [3.05, 3.63) is 35.9 Å². The minimum Gasteiger partial charge on any atom is -0.431 e. The number of hydrogen-bond donors (Lipinski definition) is 0. The van der Waals surface area contributed by atoms with Crippen molar-refractivity contribution in [2.45, 2.75) is 85.5 Å². The third-order valence-corrected chi connectivity index (χ3v) is 5.73. The van der Waals surface area contributed by atoms with Gasteiger partial charge < -0.3 is 9.47 Å². The lowest BCUT2D eigenvalue weighted by atomic mass is 9.73. The Labute approximate surface area is 159 Å². The average molecular weight is 361 g/mol. The van der Waals surface area contributed by atoms with Gasteiger partial charge in [-0.3, -0.25) is 4.79 Å². The van der Waals surface area contributed by atoms with Gasteiger partial charge in [0.1, 0.15) is 0 Å². The van der Waals surface area contributed by atoms with E-state index in [0.717, 1.165) is 24.8 Å². The maximum absolute atomic E-state index is 13.2. The molecule has 0 N–H and O–H groups in total. The molecule has 146 valence electrons. The van der Waals surface area contributed by atoms with Crippen molar-refractivity contribution in [2.24, 2.45) is 17.3 Å². The van der Waals surface area contributed by atoms with Gasteiger partial charge in [-0.25, -0.2) is 0 Å². The minimum atomic E-state index is -0.614. The zero-order chi connectivity index (χ0) is 19.2. The number of ether oxygens (including phenoxy) is 2. The fourth-order valence-electron chi connectivity index (χ4n) is 3.80. The van der Waals surface area contributed by atoms with Crippen molar-refractivity contribution in [1.82, 2.24) is 0 Å². The average Bonchev–Trinajstić information content (AvgIpc) is 2.62. The van der Waals surface area contributed by atoms with E-state index in [1.54, 1.807) is 0 Å². The van der Waals surface area contributed by atoms with Crippen LogP contribution in [-0.4, -0.2) is 12.1 Å². The molecule has 0 spiro atoms. The predicted octanol–water partition coefficient (Wildman–Crippen LogP) is 6.29. The zero-order valence-corrected chi connectivity index (χ0v) is 17.2. The molecule has 26 heavy (non-hydrogen) atoms. The number of rotatable bonds is 8. The molecule has 0 heterocycles. The van der Waals surface area contributed by atoms with Gasteiger partial charge in [0.15, 0.2) is 0 Å². The van der Waals surface area contributed by atoms with E-state index in [1.165, 1.54) is 19.3 Å². The van der Waals surface area contributed by atoms with Gasteiger partial charge in [0.25, 0.3) is 0 Å². The van der Waals surface area contributed by atoms with Crippen LogP contribution in [0.2, 0.25) is 0 Å². The number of carbonyl (C=O) groups is 1. The van der Waals surface area contributed by atoms with Gasteiger partial charge in [0, 0.05) is 5.56 Å². The molecule has 3 heteroatoms. The highest BCUT2D eigenvalue weighted by Crippen LogP contribution is 2.38. The molecular formula is C23H36O3. The Morgan fingerprint density at radius 2 is 1.69 bits per heavy atom. The van der Waals surface area contributed by atoms with E-state index in [9.17, 15) is 4.79 Å². The monoisotopic (exact) mass is 360 g/mol. The molecule has 0 amide bonds. The van der Waals surface area contributed by atoms with Crippen LogP contribution in [0.1, 0.15) is 85.0 Å². The van der Waals surface area contributed by atoms with Gasteiger partial charge in [-0.05, 0) is 38.0 Å². The van der Waals surface area contributed by atoms with Crippen LogP contribution in [0.3, 0.4) is 0 Å². The Morgan fingerprint density at radius 3 is 2.23 bits per heavy atom. The number of hydrogen-bond acceptors (Lipinski definition) is 3. The van der Waals surface area contributed by atoms with E-state index in [4.69, 9.17) is 9.47 Å². The zero-order valence-electron chi connectivity index (χ0n) is 17.2. The standard InChI is InChI=1S/C23H36O3/c1-17(2)16-23(5,18(3)4)22(24)26-21(19-12-8-6-9-13-19)25-20-14-10-7-11-15-20/h6,8-9,12-13,17-18,20-21H,7,10-11,14-16H2,1-5H3. The summed E-state index contributed by atoms with van der Waals surface area (Å²) in [5.74, 6) is 0.499. The molecule has 1 aromatic carbocycles. The van der Waals surface area contributed by atoms with E-state index in [0.29, 0.717) is 5.92 Å². The quantitative estimate of drug-likeness (QED) is 0.404. The van der Waals surface area contributed by atoms with E-state index >= 15 is 0 Å². The fourth-order valence-corrected chi connectivity index (χ4v) is 3.80. The first kappa shape index (κ1) is 21.0. The third-order valence-electron chi connectivity index (χ3n) is 5.73. The Balaban J connectivity index is 2.17. The van der Waals surface area contributed by atoms with Gasteiger partial charge in [-0.2, -0.15) is 0 Å². The third kappa shape index (κ3) is 5.57. The van der Waals surface area contributed by atoms with E-state index < -0.39 is 11.7 Å². The first-order valence-electron chi connectivity index (χ1n) is 10.2. The van der Waals surface area contributed by atoms with Gasteiger partial charge in [0.05, 0.1) is 11.5 Å². The summed E-state index contributed by atoms with van der Waals surface area (Å²) in [6.07, 6.45) is 6.13. The Bertz CT molecular complexity index is 546. The Morgan fingerprint density at radius 1 is 1.08 bits per heavy atom. The van der Waals surface area contributed by atoms with Crippen LogP contribution in [0.4, 0.5) is 0 Å². The van der Waals surface area contributed by atoms with Crippen molar-refractivity contribution in [1.29, 1.82) is 0 Å². The van der Waals surface area contributed by atoms with E-state index in [1.807, 2.05) is 37.3 Å². The lowest BCUT2D eigenvalue weighted by Gasteiger charge is -2.35. The highest BCUT2D eigenvalue weighted by molar-refractivity contribution is 5.77. The van der Waals surface area contributed by atoms with E-state index in [2.05, 4.69) is 27.7 Å². The second-order valence-corrected chi connectivity index (χ2v) is 8.71. The van der Waals surface area contributed by atoms with Crippen LogP contribution in [0.15, 0.2) is 30.3 Å². The molecule has 3 nitrogen and oxygen atoms in total. The SMILES string of the molecule is CC(C)CC(C)(C(=O)OC(OC1CCCCC1)c1ccccc1)C(C)C. The first-order valence-corrected chi connectivity index (χ1v) is 10.2. The van der Waals surface area contributed by atoms with Crippen LogP contribution in [0.25, 0.3) is 0 Å². The van der Waals surface area contributed by atoms with E-state index in [-0.39, 0.29) is 18.0 Å². The maximum atomic E-state index is 13.2. The second kappa shape index (κ2) is 9.55. The summed E-state index contributed by atoms with van der Waals surface area (Å²) < 4.78 is 12.3. The summed E-state index contributed by atoms with van der Waals surface area (Å²) in [6.45, 7) is 10.5. The molecule has 1 saturated carbocycles. The van der Waals surface area contributed by atoms with Crippen LogP contribution in [0, 0.1) is 17.3 Å². The number of esters is 1. The van der Waals surface area contributed by atoms with Crippen molar-refractivity contribution in [3.63, 3.8) is 0 Å². The van der Waals surface area contributed by atoms with Gasteiger partial charge in [-0.1, -0.05) is 77.3 Å². The van der Waals surface area contributed by atoms with Crippen molar-refractivity contribution in [3.8, 4) is 0 Å². The van der Waals surface area contributed by atoms with Crippen molar-refractivity contribution in [2.75, 3.05) is 0 Å². The van der Waals surface area contributed by atoms with Crippen LogP contribution in [-0.2, 0) is 14.3 Å². The summed E-state index contributed by atoms with van der Waals surface area (Å²) >= 11 is 0. The molecule has 1 aliphatic carbocycles. The Kier molecular flexibility index (Phi) is 7.69. The highest BCUT2D eigenvalue weighted by Gasteiger charge is 2.40. The molecule has 0 aromatic heterocycles. The lowest BCUT2D eigenvalue weighted by Crippen LogP contribution is -2.38. The molecular weight excluding hydrogens is 324 g/mol. The molecule has 1 aromatic rings. The normalized spacial score (nSPS) is 19.3. The molecule has 2 rings (SSSR count). The highest BCUT2D eigenvalue weighted by atomic mass is 16.7. The summed E-state index contributed by atoms with van der Waals surface area (Å²) in [7, 11) is 0. The summed E-state index contributed by atoms with van der Waals surface area (Å²) in [6, 6.07) is 9.87.